The van der Waals surface area contributed by atoms with Gasteiger partial charge in [0.1, 0.15) is 0 Å². The minimum absolute atomic E-state index is 0.0988. The number of carbonyl (C=O) groups is 1. The second-order valence-corrected chi connectivity index (χ2v) is 5.76. The van der Waals surface area contributed by atoms with Gasteiger partial charge in [-0.05, 0) is 44.5 Å². The van der Waals surface area contributed by atoms with Crippen molar-refractivity contribution in [3.8, 4) is 0 Å². The van der Waals surface area contributed by atoms with Crippen molar-refractivity contribution in [2.45, 2.75) is 38.6 Å². The van der Waals surface area contributed by atoms with E-state index in [1.54, 1.807) is 0 Å². The van der Waals surface area contributed by atoms with Gasteiger partial charge in [-0.1, -0.05) is 25.1 Å². The van der Waals surface area contributed by atoms with E-state index in [0.717, 1.165) is 38.3 Å². The molecule has 1 aliphatic heterocycles. The molecular formula is C17H27N3O. The van der Waals surface area contributed by atoms with Gasteiger partial charge in [-0.25, -0.2) is 0 Å². The van der Waals surface area contributed by atoms with E-state index in [-0.39, 0.29) is 5.91 Å². The molecule has 0 aromatic heterocycles. The van der Waals surface area contributed by atoms with Gasteiger partial charge in [0.15, 0.2) is 0 Å². The summed E-state index contributed by atoms with van der Waals surface area (Å²) in [4.78, 5) is 14.4. The fourth-order valence-electron chi connectivity index (χ4n) is 2.84. The normalized spacial score (nSPS) is 18.1. The van der Waals surface area contributed by atoms with Crippen molar-refractivity contribution in [1.82, 2.24) is 10.2 Å². The van der Waals surface area contributed by atoms with Crippen molar-refractivity contribution in [2.75, 3.05) is 31.5 Å². The summed E-state index contributed by atoms with van der Waals surface area (Å²) in [7, 11) is 0. The van der Waals surface area contributed by atoms with Crippen LogP contribution >= 0.6 is 0 Å². The highest BCUT2D eigenvalue weighted by molar-refractivity contribution is 5.90. The van der Waals surface area contributed by atoms with Crippen LogP contribution in [0.1, 0.15) is 32.6 Å². The van der Waals surface area contributed by atoms with E-state index in [4.69, 9.17) is 0 Å². The first-order valence-electron chi connectivity index (χ1n) is 8.08. The summed E-state index contributed by atoms with van der Waals surface area (Å²) in [5.41, 5.74) is 0.877. The summed E-state index contributed by atoms with van der Waals surface area (Å²) in [5.74, 6) is 0.0988. The Hall–Kier alpha value is -1.39. The second-order valence-electron chi connectivity index (χ2n) is 5.76. The fraction of sp³-hybridized carbons (Fsp3) is 0.588. The summed E-state index contributed by atoms with van der Waals surface area (Å²) in [6, 6.07) is 10.3. The maximum absolute atomic E-state index is 12.0. The molecule has 1 aromatic carbocycles. The Morgan fingerprint density at radius 1 is 1.33 bits per heavy atom. The molecule has 116 valence electrons. The van der Waals surface area contributed by atoms with Gasteiger partial charge in [-0.15, -0.1) is 0 Å². The van der Waals surface area contributed by atoms with E-state index in [1.165, 1.54) is 12.8 Å². The van der Waals surface area contributed by atoms with Crippen molar-refractivity contribution >= 4 is 11.6 Å². The quantitative estimate of drug-likeness (QED) is 0.773. The van der Waals surface area contributed by atoms with Crippen LogP contribution in [-0.2, 0) is 4.79 Å². The predicted molar refractivity (Wildman–Crippen MR) is 87.4 cm³/mol. The first-order chi connectivity index (χ1) is 10.3. The standard InChI is InChI=1S/C17H27N3O/c1-2-12-20(14-16-9-6-11-18-16)13-10-17(21)19-15-7-4-3-5-8-15/h3-5,7-8,16,18H,2,6,9-14H2,1H3,(H,19,21). The van der Waals surface area contributed by atoms with Crippen LogP contribution < -0.4 is 10.6 Å². The zero-order chi connectivity index (χ0) is 14.9. The van der Waals surface area contributed by atoms with Gasteiger partial charge in [0.05, 0.1) is 0 Å². The van der Waals surface area contributed by atoms with Crippen LogP contribution in [0.3, 0.4) is 0 Å². The first-order valence-corrected chi connectivity index (χ1v) is 8.08. The van der Waals surface area contributed by atoms with Gasteiger partial charge in [-0.3, -0.25) is 4.79 Å². The molecule has 2 rings (SSSR count). The third-order valence-electron chi connectivity index (χ3n) is 3.89. The molecule has 1 aliphatic rings. The van der Waals surface area contributed by atoms with Crippen molar-refractivity contribution in [1.29, 1.82) is 0 Å². The Balaban J connectivity index is 1.73. The van der Waals surface area contributed by atoms with Crippen molar-refractivity contribution in [2.24, 2.45) is 0 Å². The first kappa shape index (κ1) is 16.0. The monoisotopic (exact) mass is 289 g/mol. The van der Waals surface area contributed by atoms with Gasteiger partial charge < -0.3 is 15.5 Å². The Morgan fingerprint density at radius 3 is 2.81 bits per heavy atom. The van der Waals surface area contributed by atoms with Gasteiger partial charge in [0.2, 0.25) is 5.91 Å². The molecule has 1 amide bonds. The molecule has 0 saturated carbocycles. The molecule has 0 bridgehead atoms. The average molecular weight is 289 g/mol. The lowest BCUT2D eigenvalue weighted by Crippen LogP contribution is -2.39. The van der Waals surface area contributed by atoms with Crippen LogP contribution in [0.15, 0.2) is 30.3 Å². The van der Waals surface area contributed by atoms with Crippen LogP contribution in [0.5, 0.6) is 0 Å². The van der Waals surface area contributed by atoms with E-state index in [0.29, 0.717) is 12.5 Å². The topological polar surface area (TPSA) is 44.4 Å². The van der Waals surface area contributed by atoms with Gasteiger partial charge in [0.25, 0.3) is 0 Å². The molecule has 1 saturated heterocycles. The lowest BCUT2D eigenvalue weighted by atomic mass is 10.2. The van der Waals surface area contributed by atoms with Crippen LogP contribution in [0.25, 0.3) is 0 Å². The Labute approximate surface area is 127 Å². The number of hydrogen-bond acceptors (Lipinski definition) is 3. The number of benzene rings is 1. The second kappa shape index (κ2) is 8.80. The third kappa shape index (κ3) is 5.86. The van der Waals surface area contributed by atoms with Crippen LogP contribution in [0.2, 0.25) is 0 Å². The maximum Gasteiger partial charge on any atom is 0.225 e. The molecule has 2 N–H and O–H groups in total. The average Bonchev–Trinajstić information content (AvgIpc) is 2.99. The van der Waals surface area contributed by atoms with Crippen molar-refractivity contribution in [3.05, 3.63) is 30.3 Å². The smallest absolute Gasteiger partial charge is 0.225 e. The zero-order valence-corrected chi connectivity index (χ0v) is 13.0. The summed E-state index contributed by atoms with van der Waals surface area (Å²) >= 11 is 0. The van der Waals surface area contributed by atoms with Crippen molar-refractivity contribution in [3.63, 3.8) is 0 Å². The lowest BCUT2D eigenvalue weighted by molar-refractivity contribution is -0.116. The summed E-state index contributed by atoms with van der Waals surface area (Å²) in [5, 5.41) is 6.48. The van der Waals surface area contributed by atoms with Crippen LogP contribution in [-0.4, -0.2) is 43.0 Å². The molecule has 0 aliphatic carbocycles. The zero-order valence-electron chi connectivity index (χ0n) is 13.0. The Kier molecular flexibility index (Phi) is 6.70. The number of anilines is 1. The number of rotatable bonds is 8. The summed E-state index contributed by atoms with van der Waals surface area (Å²) < 4.78 is 0. The van der Waals surface area contributed by atoms with E-state index in [2.05, 4.69) is 22.5 Å². The van der Waals surface area contributed by atoms with Gasteiger partial charge in [0, 0.05) is 31.2 Å². The lowest BCUT2D eigenvalue weighted by Gasteiger charge is -2.25. The molecule has 0 spiro atoms. The van der Waals surface area contributed by atoms with Gasteiger partial charge in [-0.2, -0.15) is 0 Å². The number of para-hydroxylation sites is 1. The highest BCUT2D eigenvalue weighted by atomic mass is 16.1. The fourth-order valence-corrected chi connectivity index (χ4v) is 2.84. The molecule has 4 nitrogen and oxygen atoms in total. The number of nitrogens with zero attached hydrogens (tertiary/aromatic N) is 1. The molecule has 1 unspecified atom stereocenters. The maximum atomic E-state index is 12.0. The Morgan fingerprint density at radius 2 is 2.14 bits per heavy atom. The predicted octanol–water partition coefficient (Wildman–Crippen LogP) is 2.48. The highest BCUT2D eigenvalue weighted by Gasteiger charge is 2.17. The molecular weight excluding hydrogens is 262 g/mol. The number of carbonyl (C=O) groups excluding carboxylic acids is 1. The van der Waals surface area contributed by atoms with Gasteiger partial charge >= 0.3 is 0 Å². The van der Waals surface area contributed by atoms with Crippen LogP contribution in [0.4, 0.5) is 5.69 Å². The summed E-state index contributed by atoms with van der Waals surface area (Å²) in [6.07, 6.45) is 4.23. The minimum atomic E-state index is 0.0988. The van der Waals surface area contributed by atoms with E-state index in [1.807, 2.05) is 30.3 Å². The van der Waals surface area contributed by atoms with E-state index in [9.17, 15) is 4.79 Å². The molecule has 21 heavy (non-hydrogen) atoms. The molecule has 1 fully saturated rings. The SMILES string of the molecule is CCCN(CCC(=O)Nc1ccccc1)CC1CCCN1. The molecule has 1 aromatic rings. The van der Waals surface area contributed by atoms with Crippen molar-refractivity contribution < 1.29 is 4.79 Å². The number of hydrogen-bond donors (Lipinski definition) is 2. The van der Waals surface area contributed by atoms with Crippen LogP contribution in [0, 0.1) is 0 Å². The minimum Gasteiger partial charge on any atom is -0.326 e. The van der Waals surface area contributed by atoms with E-state index >= 15 is 0 Å². The largest absolute Gasteiger partial charge is 0.326 e. The summed E-state index contributed by atoms with van der Waals surface area (Å²) in [6.45, 7) is 6.30. The van der Waals surface area contributed by atoms with E-state index < -0.39 is 0 Å². The number of amides is 1. The number of nitrogens with one attached hydrogen (secondary N) is 2. The molecule has 0 radical (unpaired) electrons. The Bertz CT molecular complexity index is 415. The molecule has 1 heterocycles. The molecule has 1 atom stereocenters. The highest BCUT2D eigenvalue weighted by Crippen LogP contribution is 2.09. The molecule has 4 heteroatoms. The third-order valence-corrected chi connectivity index (χ3v) is 3.89.